The summed E-state index contributed by atoms with van der Waals surface area (Å²) in [5.74, 6) is -0.478. The van der Waals surface area contributed by atoms with Crippen LogP contribution in [0.3, 0.4) is 0 Å². The molecule has 1 fully saturated rings. The normalized spacial score (nSPS) is 19.2. The molecule has 0 bridgehead atoms. The van der Waals surface area contributed by atoms with E-state index in [1.807, 2.05) is 4.90 Å². The molecule has 1 rings (SSSR count). The first-order valence-electron chi connectivity index (χ1n) is 6.23. The Labute approximate surface area is 107 Å². The maximum Gasteiger partial charge on any atom is 0.316 e. The van der Waals surface area contributed by atoms with Crippen LogP contribution in [0.4, 0.5) is 0 Å². The minimum Gasteiger partial charge on any atom is -0.480 e. The summed E-state index contributed by atoms with van der Waals surface area (Å²) in [7, 11) is 0. The molecule has 0 aromatic carbocycles. The molecule has 5 heteroatoms. The molecule has 1 saturated heterocycles. The van der Waals surface area contributed by atoms with Crippen LogP contribution < -0.4 is 0 Å². The Balaban J connectivity index is 2.32. The van der Waals surface area contributed by atoms with E-state index in [4.69, 9.17) is 5.11 Å². The first-order chi connectivity index (χ1) is 8.11. The van der Waals surface area contributed by atoms with Crippen molar-refractivity contribution in [3.8, 4) is 0 Å². The number of likely N-dealkylation sites (tertiary alicyclic amines) is 1. The number of thioether (sulfide) groups is 1. The van der Waals surface area contributed by atoms with Gasteiger partial charge in [0.05, 0.1) is 11.0 Å². The van der Waals surface area contributed by atoms with Gasteiger partial charge in [-0.1, -0.05) is 19.3 Å². The summed E-state index contributed by atoms with van der Waals surface area (Å²) >= 11 is 1.21. The van der Waals surface area contributed by atoms with Gasteiger partial charge in [0.25, 0.3) is 0 Å². The van der Waals surface area contributed by atoms with Crippen molar-refractivity contribution in [3.05, 3.63) is 0 Å². The Kier molecular flexibility index (Phi) is 6.40. The van der Waals surface area contributed by atoms with Gasteiger partial charge in [0.1, 0.15) is 0 Å². The Morgan fingerprint density at radius 3 is 2.24 bits per heavy atom. The van der Waals surface area contributed by atoms with E-state index in [2.05, 4.69) is 0 Å². The molecule has 0 aromatic rings. The third-order valence-electron chi connectivity index (χ3n) is 3.01. The predicted molar refractivity (Wildman–Crippen MR) is 69.2 cm³/mol. The van der Waals surface area contributed by atoms with Gasteiger partial charge in [-0.25, -0.2) is 0 Å². The zero-order valence-corrected chi connectivity index (χ0v) is 11.2. The van der Waals surface area contributed by atoms with E-state index in [-0.39, 0.29) is 11.7 Å². The summed E-state index contributed by atoms with van der Waals surface area (Å²) in [5, 5.41) is 8.24. The molecular weight excluding hydrogens is 238 g/mol. The molecule has 0 spiro atoms. The third-order valence-corrected chi connectivity index (χ3v) is 4.13. The fourth-order valence-electron chi connectivity index (χ4n) is 1.86. The lowest BCUT2D eigenvalue weighted by Gasteiger charge is -2.24. The second kappa shape index (κ2) is 7.58. The molecule has 1 unspecified atom stereocenters. The summed E-state index contributed by atoms with van der Waals surface area (Å²) in [4.78, 5) is 24.4. The highest BCUT2D eigenvalue weighted by Crippen LogP contribution is 2.14. The highest BCUT2D eigenvalue weighted by molar-refractivity contribution is 8.01. The second-order valence-electron chi connectivity index (χ2n) is 4.44. The van der Waals surface area contributed by atoms with Crippen LogP contribution in [0, 0.1) is 0 Å². The van der Waals surface area contributed by atoms with E-state index in [0.717, 1.165) is 25.9 Å². The maximum atomic E-state index is 11.9. The minimum atomic E-state index is -0.851. The van der Waals surface area contributed by atoms with Gasteiger partial charge in [-0.2, -0.15) is 0 Å². The van der Waals surface area contributed by atoms with Crippen molar-refractivity contribution in [2.45, 2.75) is 44.3 Å². The van der Waals surface area contributed by atoms with Crippen molar-refractivity contribution in [1.29, 1.82) is 0 Å². The lowest BCUT2D eigenvalue weighted by molar-refractivity contribution is -0.136. The monoisotopic (exact) mass is 259 g/mol. The molecule has 98 valence electrons. The van der Waals surface area contributed by atoms with Gasteiger partial charge in [0.2, 0.25) is 5.91 Å². The number of carboxylic acids is 1. The molecule has 1 atom stereocenters. The average molecular weight is 259 g/mol. The summed E-state index contributed by atoms with van der Waals surface area (Å²) < 4.78 is 0. The smallest absolute Gasteiger partial charge is 0.316 e. The minimum absolute atomic E-state index is 0.0880. The van der Waals surface area contributed by atoms with Crippen LogP contribution in [0.25, 0.3) is 0 Å². The lowest BCUT2D eigenvalue weighted by Crippen LogP contribution is -2.35. The fraction of sp³-hybridized carbons (Fsp3) is 0.833. The maximum absolute atomic E-state index is 11.9. The molecule has 1 heterocycles. The number of carbonyl (C=O) groups excluding carboxylic acids is 1. The van der Waals surface area contributed by atoms with E-state index in [1.165, 1.54) is 31.0 Å². The van der Waals surface area contributed by atoms with Gasteiger partial charge in [-0.05, 0) is 19.8 Å². The number of hydrogen-bond donors (Lipinski definition) is 1. The molecule has 0 aromatic heterocycles. The Hall–Kier alpha value is -0.710. The van der Waals surface area contributed by atoms with Crippen LogP contribution in [-0.4, -0.2) is 46.0 Å². The summed E-state index contributed by atoms with van der Waals surface area (Å²) in [6.07, 6.45) is 5.81. The van der Waals surface area contributed by atoms with Crippen LogP contribution in [-0.2, 0) is 9.59 Å². The zero-order valence-electron chi connectivity index (χ0n) is 10.4. The predicted octanol–water partition coefficient (Wildman–Crippen LogP) is 1.99. The molecule has 0 saturated carbocycles. The number of carboxylic acid groups (broad SMARTS) is 1. The second-order valence-corrected chi connectivity index (χ2v) is 5.77. The molecule has 0 aliphatic carbocycles. The lowest BCUT2D eigenvalue weighted by atomic mass is 10.1. The highest BCUT2D eigenvalue weighted by atomic mass is 32.2. The SMILES string of the molecule is CC(SCC(=O)N1CCCCCCC1)C(=O)O. The van der Waals surface area contributed by atoms with E-state index in [0.29, 0.717) is 0 Å². The van der Waals surface area contributed by atoms with Crippen molar-refractivity contribution in [1.82, 2.24) is 4.90 Å². The zero-order chi connectivity index (χ0) is 12.7. The molecule has 17 heavy (non-hydrogen) atoms. The summed E-state index contributed by atoms with van der Waals surface area (Å²) in [5.41, 5.74) is 0. The Bertz CT molecular complexity index is 262. The van der Waals surface area contributed by atoms with Gasteiger partial charge in [0.15, 0.2) is 0 Å². The van der Waals surface area contributed by atoms with Gasteiger partial charge in [-0.15, -0.1) is 11.8 Å². The number of hydrogen-bond acceptors (Lipinski definition) is 3. The number of amides is 1. The first kappa shape index (κ1) is 14.4. The molecule has 1 aliphatic heterocycles. The highest BCUT2D eigenvalue weighted by Gasteiger charge is 2.18. The Morgan fingerprint density at radius 1 is 1.18 bits per heavy atom. The standard InChI is InChI=1S/C12H21NO3S/c1-10(12(15)16)17-9-11(14)13-7-5-3-2-4-6-8-13/h10H,2-9H2,1H3,(H,15,16). The van der Waals surface area contributed by atoms with E-state index < -0.39 is 11.2 Å². The van der Waals surface area contributed by atoms with Crippen molar-refractivity contribution in [2.75, 3.05) is 18.8 Å². The van der Waals surface area contributed by atoms with Crippen molar-refractivity contribution < 1.29 is 14.7 Å². The number of rotatable bonds is 4. The van der Waals surface area contributed by atoms with Crippen LogP contribution in [0.1, 0.15) is 39.0 Å². The third kappa shape index (κ3) is 5.44. The molecule has 1 aliphatic rings. The fourth-order valence-corrected chi connectivity index (χ4v) is 2.57. The quantitative estimate of drug-likeness (QED) is 0.839. The van der Waals surface area contributed by atoms with Gasteiger partial charge >= 0.3 is 5.97 Å². The van der Waals surface area contributed by atoms with Gasteiger partial charge in [0, 0.05) is 13.1 Å². The first-order valence-corrected chi connectivity index (χ1v) is 7.28. The molecule has 0 radical (unpaired) electrons. The largest absolute Gasteiger partial charge is 0.480 e. The van der Waals surface area contributed by atoms with Crippen LogP contribution in [0.5, 0.6) is 0 Å². The van der Waals surface area contributed by atoms with E-state index in [1.54, 1.807) is 6.92 Å². The van der Waals surface area contributed by atoms with Crippen molar-refractivity contribution in [2.24, 2.45) is 0 Å². The van der Waals surface area contributed by atoms with Crippen LogP contribution in [0.2, 0.25) is 0 Å². The van der Waals surface area contributed by atoms with Crippen molar-refractivity contribution >= 4 is 23.6 Å². The number of carbonyl (C=O) groups is 2. The molecule has 1 amide bonds. The molecular formula is C12H21NO3S. The van der Waals surface area contributed by atoms with Crippen LogP contribution >= 0.6 is 11.8 Å². The number of nitrogens with zero attached hydrogens (tertiary/aromatic N) is 1. The number of aliphatic carboxylic acids is 1. The van der Waals surface area contributed by atoms with E-state index in [9.17, 15) is 9.59 Å². The topological polar surface area (TPSA) is 57.6 Å². The molecule has 4 nitrogen and oxygen atoms in total. The summed E-state index contributed by atoms with van der Waals surface area (Å²) in [6.45, 7) is 3.29. The average Bonchev–Trinajstić information content (AvgIpc) is 2.24. The van der Waals surface area contributed by atoms with Gasteiger partial charge < -0.3 is 10.0 Å². The molecule has 1 N–H and O–H groups in total. The van der Waals surface area contributed by atoms with E-state index >= 15 is 0 Å². The van der Waals surface area contributed by atoms with Crippen molar-refractivity contribution in [3.63, 3.8) is 0 Å². The summed E-state index contributed by atoms with van der Waals surface area (Å²) in [6, 6.07) is 0. The Morgan fingerprint density at radius 2 is 1.71 bits per heavy atom. The van der Waals surface area contributed by atoms with Gasteiger partial charge in [-0.3, -0.25) is 9.59 Å². The van der Waals surface area contributed by atoms with Crippen LogP contribution in [0.15, 0.2) is 0 Å².